The Morgan fingerprint density at radius 3 is 2.95 bits per heavy atom. The minimum Gasteiger partial charge on any atom is -0.441 e. The minimum absolute atomic E-state index is 0.682. The van der Waals surface area contributed by atoms with E-state index in [0.717, 1.165) is 33.9 Å². The van der Waals surface area contributed by atoms with E-state index in [9.17, 15) is 0 Å². The summed E-state index contributed by atoms with van der Waals surface area (Å²) in [5.74, 6) is 0.682. The molecule has 96 valence electrons. The van der Waals surface area contributed by atoms with Crippen molar-refractivity contribution in [2.24, 2.45) is 0 Å². The van der Waals surface area contributed by atoms with Gasteiger partial charge in [-0.2, -0.15) is 0 Å². The van der Waals surface area contributed by atoms with Gasteiger partial charge in [-0.05, 0) is 35.9 Å². The van der Waals surface area contributed by atoms with Gasteiger partial charge in [0.15, 0.2) is 11.5 Å². The Hall–Kier alpha value is -2.00. The molecule has 1 N–H and O–H groups in total. The lowest BCUT2D eigenvalue weighted by molar-refractivity contribution is 0.561. The number of benzene rings is 2. The van der Waals surface area contributed by atoms with Crippen LogP contribution in [0.25, 0.3) is 11.1 Å². The summed E-state index contributed by atoms with van der Waals surface area (Å²) in [7, 11) is 0. The number of hydrogen-bond acceptors (Lipinski definition) is 3. The van der Waals surface area contributed by atoms with Crippen molar-refractivity contribution in [3.05, 3.63) is 58.9 Å². The maximum Gasteiger partial charge on any atom is 0.192 e. The van der Waals surface area contributed by atoms with E-state index < -0.39 is 0 Å². The largest absolute Gasteiger partial charge is 0.441 e. The van der Waals surface area contributed by atoms with Crippen LogP contribution in [0.15, 0.2) is 46.9 Å². The zero-order valence-electron chi connectivity index (χ0n) is 10.5. The molecule has 1 aromatic heterocycles. The number of nitrogens with zero attached hydrogens (tertiary/aromatic N) is 1. The number of nitrogens with one attached hydrogen (secondary N) is 1. The first-order chi connectivity index (χ1) is 9.20. The van der Waals surface area contributed by atoms with Crippen LogP contribution in [-0.2, 0) is 6.54 Å². The molecular formula is C15H13ClN2O. The summed E-state index contributed by atoms with van der Waals surface area (Å²) in [6, 6.07) is 13.7. The van der Waals surface area contributed by atoms with Crippen molar-refractivity contribution >= 4 is 28.4 Å². The van der Waals surface area contributed by atoms with Crippen LogP contribution in [0.3, 0.4) is 0 Å². The SMILES string of the molecule is Cc1nc2cc(NCc3cccc(Cl)c3)ccc2o1. The van der Waals surface area contributed by atoms with E-state index in [1.165, 1.54) is 0 Å². The number of aryl methyl sites for hydroxylation is 1. The molecule has 19 heavy (non-hydrogen) atoms. The highest BCUT2D eigenvalue weighted by Crippen LogP contribution is 2.20. The van der Waals surface area contributed by atoms with Crippen molar-refractivity contribution < 1.29 is 4.42 Å². The Bertz CT molecular complexity index is 721. The molecule has 0 radical (unpaired) electrons. The lowest BCUT2D eigenvalue weighted by Crippen LogP contribution is -1.98. The van der Waals surface area contributed by atoms with Crippen molar-refractivity contribution in [1.82, 2.24) is 4.98 Å². The molecular weight excluding hydrogens is 260 g/mol. The minimum atomic E-state index is 0.682. The van der Waals surface area contributed by atoms with Gasteiger partial charge in [-0.3, -0.25) is 0 Å². The highest BCUT2D eigenvalue weighted by molar-refractivity contribution is 6.30. The second kappa shape index (κ2) is 4.94. The maximum absolute atomic E-state index is 5.96. The normalized spacial score (nSPS) is 10.8. The molecule has 0 fully saturated rings. The highest BCUT2D eigenvalue weighted by Gasteiger charge is 2.03. The van der Waals surface area contributed by atoms with Crippen LogP contribution >= 0.6 is 11.6 Å². The zero-order valence-corrected chi connectivity index (χ0v) is 11.2. The zero-order chi connectivity index (χ0) is 13.2. The Morgan fingerprint density at radius 1 is 1.21 bits per heavy atom. The van der Waals surface area contributed by atoms with Crippen molar-refractivity contribution in [3.8, 4) is 0 Å². The molecule has 0 atom stereocenters. The van der Waals surface area contributed by atoms with Crippen LogP contribution in [0.1, 0.15) is 11.5 Å². The smallest absolute Gasteiger partial charge is 0.192 e. The van der Waals surface area contributed by atoms with E-state index in [-0.39, 0.29) is 0 Å². The molecule has 0 saturated carbocycles. The third-order valence-electron chi connectivity index (χ3n) is 2.88. The number of aromatic nitrogens is 1. The summed E-state index contributed by atoms with van der Waals surface area (Å²) in [5.41, 5.74) is 3.84. The monoisotopic (exact) mass is 272 g/mol. The summed E-state index contributed by atoms with van der Waals surface area (Å²) < 4.78 is 5.45. The maximum atomic E-state index is 5.96. The second-order valence-corrected chi connectivity index (χ2v) is 4.84. The molecule has 1 heterocycles. The fourth-order valence-electron chi connectivity index (χ4n) is 2.00. The van der Waals surface area contributed by atoms with Crippen molar-refractivity contribution in [3.63, 3.8) is 0 Å². The van der Waals surface area contributed by atoms with Gasteiger partial charge in [-0.25, -0.2) is 4.98 Å². The molecule has 0 bridgehead atoms. The Kier molecular flexibility index (Phi) is 3.13. The van der Waals surface area contributed by atoms with Crippen molar-refractivity contribution in [2.45, 2.75) is 13.5 Å². The van der Waals surface area contributed by atoms with Crippen LogP contribution < -0.4 is 5.32 Å². The predicted octanol–water partition coefficient (Wildman–Crippen LogP) is 4.40. The Labute approximate surface area is 116 Å². The van der Waals surface area contributed by atoms with E-state index in [0.29, 0.717) is 5.89 Å². The summed E-state index contributed by atoms with van der Waals surface area (Å²) >= 11 is 5.96. The first kappa shape index (κ1) is 12.1. The highest BCUT2D eigenvalue weighted by atomic mass is 35.5. The van der Waals surface area contributed by atoms with Crippen LogP contribution in [0.2, 0.25) is 5.02 Å². The number of fused-ring (bicyclic) bond motifs is 1. The number of anilines is 1. The average Bonchev–Trinajstić information content (AvgIpc) is 2.75. The summed E-state index contributed by atoms with van der Waals surface area (Å²) in [6.45, 7) is 2.57. The van der Waals surface area contributed by atoms with E-state index in [1.54, 1.807) is 0 Å². The fourth-order valence-corrected chi connectivity index (χ4v) is 2.22. The molecule has 0 spiro atoms. The molecule has 3 nitrogen and oxygen atoms in total. The molecule has 0 amide bonds. The first-order valence-electron chi connectivity index (χ1n) is 6.06. The average molecular weight is 273 g/mol. The van der Waals surface area contributed by atoms with Gasteiger partial charge in [0.2, 0.25) is 0 Å². The van der Waals surface area contributed by atoms with Gasteiger partial charge >= 0.3 is 0 Å². The molecule has 4 heteroatoms. The number of hydrogen-bond donors (Lipinski definition) is 1. The molecule has 3 rings (SSSR count). The van der Waals surface area contributed by atoms with Gasteiger partial charge < -0.3 is 9.73 Å². The summed E-state index contributed by atoms with van der Waals surface area (Å²) in [5, 5.41) is 4.10. The van der Waals surface area contributed by atoms with Gasteiger partial charge in [-0.15, -0.1) is 0 Å². The predicted molar refractivity (Wildman–Crippen MR) is 77.5 cm³/mol. The number of oxazole rings is 1. The quantitative estimate of drug-likeness (QED) is 0.768. The van der Waals surface area contributed by atoms with Crippen LogP contribution in [0.4, 0.5) is 5.69 Å². The van der Waals surface area contributed by atoms with Crippen LogP contribution in [0, 0.1) is 6.92 Å². The molecule has 0 aliphatic carbocycles. The summed E-state index contributed by atoms with van der Waals surface area (Å²) in [4.78, 5) is 4.32. The van der Waals surface area contributed by atoms with Gasteiger partial charge in [0.05, 0.1) is 0 Å². The number of rotatable bonds is 3. The molecule has 0 unspecified atom stereocenters. The topological polar surface area (TPSA) is 38.1 Å². The Morgan fingerprint density at radius 2 is 2.11 bits per heavy atom. The first-order valence-corrected chi connectivity index (χ1v) is 6.44. The standard InChI is InChI=1S/C15H13ClN2O/c1-10-18-14-8-13(5-6-15(14)19-10)17-9-11-3-2-4-12(16)7-11/h2-8,17H,9H2,1H3. The molecule has 0 aliphatic heterocycles. The second-order valence-electron chi connectivity index (χ2n) is 4.40. The van der Waals surface area contributed by atoms with Crippen molar-refractivity contribution in [2.75, 3.05) is 5.32 Å². The van der Waals surface area contributed by atoms with Crippen LogP contribution in [0.5, 0.6) is 0 Å². The van der Waals surface area contributed by atoms with Crippen LogP contribution in [-0.4, -0.2) is 4.98 Å². The lowest BCUT2D eigenvalue weighted by Gasteiger charge is -2.06. The third kappa shape index (κ3) is 2.71. The third-order valence-corrected chi connectivity index (χ3v) is 3.12. The lowest BCUT2D eigenvalue weighted by atomic mass is 10.2. The van der Waals surface area contributed by atoms with E-state index >= 15 is 0 Å². The molecule has 3 aromatic rings. The number of halogens is 1. The summed E-state index contributed by atoms with van der Waals surface area (Å²) in [6.07, 6.45) is 0. The van der Waals surface area contributed by atoms with Gasteiger partial charge in [-0.1, -0.05) is 23.7 Å². The van der Waals surface area contributed by atoms with Crippen molar-refractivity contribution in [1.29, 1.82) is 0 Å². The Balaban J connectivity index is 1.78. The van der Waals surface area contributed by atoms with Gasteiger partial charge in [0.1, 0.15) is 5.52 Å². The van der Waals surface area contributed by atoms with Gasteiger partial charge in [0.25, 0.3) is 0 Å². The van der Waals surface area contributed by atoms with E-state index in [1.807, 2.05) is 49.4 Å². The van der Waals surface area contributed by atoms with E-state index in [4.69, 9.17) is 16.0 Å². The van der Waals surface area contributed by atoms with E-state index in [2.05, 4.69) is 10.3 Å². The molecule has 0 saturated heterocycles. The molecule has 2 aromatic carbocycles. The fraction of sp³-hybridized carbons (Fsp3) is 0.133. The molecule has 0 aliphatic rings. The van der Waals surface area contributed by atoms with Gasteiger partial charge in [0, 0.05) is 24.2 Å².